The van der Waals surface area contributed by atoms with Crippen LogP contribution in [0.25, 0.3) is 0 Å². The average Bonchev–Trinajstić information content (AvgIpc) is 2.48. The fourth-order valence-electron chi connectivity index (χ4n) is 2.53. The van der Waals surface area contributed by atoms with Crippen LogP contribution in [0.2, 0.25) is 0 Å². The molecule has 2 rings (SSSR count). The molecular formula is C15H24N2O2. The summed E-state index contributed by atoms with van der Waals surface area (Å²) in [5, 5.41) is 6.86. The summed E-state index contributed by atoms with van der Waals surface area (Å²) in [6, 6.07) is 5.88. The van der Waals surface area contributed by atoms with Crippen LogP contribution < -0.4 is 20.1 Å². The van der Waals surface area contributed by atoms with Crippen LogP contribution in [0, 0.1) is 5.92 Å². The highest BCUT2D eigenvalue weighted by molar-refractivity contribution is 5.59. The van der Waals surface area contributed by atoms with Crippen molar-refractivity contribution in [3.05, 3.63) is 18.2 Å². The number of methoxy groups -OCH3 is 2. The van der Waals surface area contributed by atoms with Gasteiger partial charge in [0.2, 0.25) is 0 Å². The van der Waals surface area contributed by atoms with Crippen molar-refractivity contribution in [3.8, 4) is 11.5 Å². The van der Waals surface area contributed by atoms with Crippen LogP contribution in [0.5, 0.6) is 11.5 Å². The van der Waals surface area contributed by atoms with Gasteiger partial charge in [0.05, 0.1) is 19.9 Å². The SMILES string of the molecule is COc1ccc(NCCC2CCNCC2)c(OC)c1. The molecule has 0 amide bonds. The maximum Gasteiger partial charge on any atom is 0.145 e. The monoisotopic (exact) mass is 264 g/mol. The quantitative estimate of drug-likeness (QED) is 0.828. The third kappa shape index (κ3) is 4.03. The lowest BCUT2D eigenvalue weighted by Gasteiger charge is -2.23. The van der Waals surface area contributed by atoms with Gasteiger partial charge in [-0.05, 0) is 50.4 Å². The predicted octanol–water partition coefficient (Wildman–Crippen LogP) is 2.51. The zero-order valence-corrected chi connectivity index (χ0v) is 11.9. The molecule has 2 N–H and O–H groups in total. The third-order valence-corrected chi connectivity index (χ3v) is 3.74. The zero-order chi connectivity index (χ0) is 13.5. The number of anilines is 1. The Morgan fingerprint density at radius 2 is 2.00 bits per heavy atom. The molecule has 0 aromatic heterocycles. The van der Waals surface area contributed by atoms with Gasteiger partial charge in [-0.3, -0.25) is 0 Å². The van der Waals surface area contributed by atoms with Crippen LogP contribution in [-0.2, 0) is 0 Å². The first-order valence-electron chi connectivity index (χ1n) is 7.00. The minimum absolute atomic E-state index is 0.820. The van der Waals surface area contributed by atoms with Crippen molar-refractivity contribution >= 4 is 5.69 Å². The van der Waals surface area contributed by atoms with E-state index in [0.29, 0.717) is 0 Å². The molecule has 1 heterocycles. The molecule has 1 aromatic carbocycles. The molecule has 0 unspecified atom stereocenters. The van der Waals surface area contributed by atoms with Gasteiger partial charge in [-0.1, -0.05) is 0 Å². The Morgan fingerprint density at radius 3 is 2.68 bits per heavy atom. The number of piperidine rings is 1. The second-order valence-corrected chi connectivity index (χ2v) is 4.98. The van der Waals surface area contributed by atoms with Gasteiger partial charge in [0.15, 0.2) is 0 Å². The molecule has 1 saturated heterocycles. The minimum Gasteiger partial charge on any atom is -0.497 e. The molecule has 1 aliphatic heterocycles. The van der Waals surface area contributed by atoms with Crippen molar-refractivity contribution in [1.29, 1.82) is 0 Å². The highest BCUT2D eigenvalue weighted by atomic mass is 16.5. The van der Waals surface area contributed by atoms with Crippen molar-refractivity contribution in [2.45, 2.75) is 19.3 Å². The second-order valence-electron chi connectivity index (χ2n) is 4.98. The summed E-state index contributed by atoms with van der Waals surface area (Å²) < 4.78 is 10.6. The van der Waals surface area contributed by atoms with Gasteiger partial charge in [0, 0.05) is 12.6 Å². The molecule has 0 atom stereocenters. The lowest BCUT2D eigenvalue weighted by Crippen LogP contribution is -2.28. The van der Waals surface area contributed by atoms with E-state index in [1.54, 1.807) is 14.2 Å². The van der Waals surface area contributed by atoms with Crippen LogP contribution in [0.15, 0.2) is 18.2 Å². The molecule has 0 spiro atoms. The summed E-state index contributed by atoms with van der Waals surface area (Å²) in [6.07, 6.45) is 3.81. The van der Waals surface area contributed by atoms with Gasteiger partial charge in [0.25, 0.3) is 0 Å². The fraction of sp³-hybridized carbons (Fsp3) is 0.600. The van der Waals surface area contributed by atoms with Crippen LogP contribution in [0.4, 0.5) is 5.69 Å². The van der Waals surface area contributed by atoms with Gasteiger partial charge in [-0.2, -0.15) is 0 Å². The standard InChI is InChI=1S/C15H24N2O2/c1-18-13-3-4-14(15(11-13)19-2)17-10-7-12-5-8-16-9-6-12/h3-4,11-12,16-17H,5-10H2,1-2H3. The van der Waals surface area contributed by atoms with Gasteiger partial charge < -0.3 is 20.1 Å². The summed E-state index contributed by atoms with van der Waals surface area (Å²) in [5.74, 6) is 2.50. The van der Waals surface area contributed by atoms with Gasteiger partial charge in [-0.25, -0.2) is 0 Å². The van der Waals surface area contributed by atoms with Crippen molar-refractivity contribution in [2.24, 2.45) is 5.92 Å². The van der Waals surface area contributed by atoms with E-state index >= 15 is 0 Å². The molecule has 0 bridgehead atoms. The summed E-state index contributed by atoms with van der Waals surface area (Å²) in [4.78, 5) is 0. The van der Waals surface area contributed by atoms with Crippen molar-refractivity contribution in [2.75, 3.05) is 39.2 Å². The maximum atomic E-state index is 5.38. The molecule has 0 aliphatic carbocycles. The van der Waals surface area contributed by atoms with Crippen LogP contribution >= 0.6 is 0 Å². The van der Waals surface area contributed by atoms with E-state index in [-0.39, 0.29) is 0 Å². The van der Waals surface area contributed by atoms with E-state index in [4.69, 9.17) is 9.47 Å². The van der Waals surface area contributed by atoms with Gasteiger partial charge in [-0.15, -0.1) is 0 Å². The summed E-state index contributed by atoms with van der Waals surface area (Å²) in [7, 11) is 3.35. The Kier molecular flexibility index (Phi) is 5.33. The Balaban J connectivity index is 1.84. The largest absolute Gasteiger partial charge is 0.497 e. The number of nitrogens with one attached hydrogen (secondary N) is 2. The Hall–Kier alpha value is -1.42. The summed E-state index contributed by atoms with van der Waals surface area (Å²) in [5.41, 5.74) is 1.04. The maximum absolute atomic E-state index is 5.38. The summed E-state index contributed by atoms with van der Waals surface area (Å²) in [6.45, 7) is 3.32. The molecule has 4 heteroatoms. The van der Waals surface area contributed by atoms with Crippen LogP contribution in [0.3, 0.4) is 0 Å². The van der Waals surface area contributed by atoms with E-state index < -0.39 is 0 Å². The zero-order valence-electron chi connectivity index (χ0n) is 11.9. The topological polar surface area (TPSA) is 42.5 Å². The van der Waals surface area contributed by atoms with Gasteiger partial charge >= 0.3 is 0 Å². The lowest BCUT2D eigenvalue weighted by molar-refractivity contribution is 0.360. The number of rotatable bonds is 6. The molecule has 4 nitrogen and oxygen atoms in total. The average molecular weight is 264 g/mol. The lowest BCUT2D eigenvalue weighted by atomic mass is 9.95. The van der Waals surface area contributed by atoms with E-state index in [1.165, 1.54) is 19.3 Å². The van der Waals surface area contributed by atoms with Crippen LogP contribution in [0.1, 0.15) is 19.3 Å². The number of hydrogen-bond acceptors (Lipinski definition) is 4. The van der Waals surface area contributed by atoms with E-state index in [1.807, 2.05) is 18.2 Å². The number of hydrogen-bond donors (Lipinski definition) is 2. The minimum atomic E-state index is 0.820. The predicted molar refractivity (Wildman–Crippen MR) is 78.2 cm³/mol. The van der Waals surface area contributed by atoms with E-state index in [0.717, 1.165) is 42.7 Å². The fourth-order valence-corrected chi connectivity index (χ4v) is 2.53. The van der Waals surface area contributed by atoms with Gasteiger partial charge in [0.1, 0.15) is 11.5 Å². The highest BCUT2D eigenvalue weighted by Gasteiger charge is 2.12. The third-order valence-electron chi connectivity index (χ3n) is 3.74. The number of ether oxygens (including phenoxy) is 2. The first kappa shape index (κ1) is 14.0. The Morgan fingerprint density at radius 1 is 1.21 bits per heavy atom. The highest BCUT2D eigenvalue weighted by Crippen LogP contribution is 2.29. The molecular weight excluding hydrogens is 240 g/mol. The van der Waals surface area contributed by atoms with Crippen molar-refractivity contribution < 1.29 is 9.47 Å². The molecule has 1 aromatic rings. The second kappa shape index (κ2) is 7.24. The first-order valence-corrected chi connectivity index (χ1v) is 7.00. The van der Waals surface area contributed by atoms with E-state index in [9.17, 15) is 0 Å². The molecule has 0 saturated carbocycles. The Bertz CT molecular complexity index is 390. The van der Waals surface area contributed by atoms with Crippen molar-refractivity contribution in [1.82, 2.24) is 5.32 Å². The molecule has 106 valence electrons. The summed E-state index contributed by atoms with van der Waals surface area (Å²) >= 11 is 0. The normalized spacial score (nSPS) is 16.1. The molecule has 1 fully saturated rings. The number of benzene rings is 1. The van der Waals surface area contributed by atoms with Crippen molar-refractivity contribution in [3.63, 3.8) is 0 Å². The molecule has 1 aliphatic rings. The smallest absolute Gasteiger partial charge is 0.145 e. The molecule has 0 radical (unpaired) electrons. The first-order chi connectivity index (χ1) is 9.33. The van der Waals surface area contributed by atoms with E-state index in [2.05, 4.69) is 10.6 Å². The Labute approximate surface area is 115 Å². The van der Waals surface area contributed by atoms with Crippen LogP contribution in [-0.4, -0.2) is 33.9 Å². The molecule has 19 heavy (non-hydrogen) atoms.